The largest absolute Gasteiger partial charge is 0.493 e. The van der Waals surface area contributed by atoms with E-state index in [9.17, 15) is 4.79 Å². The summed E-state index contributed by atoms with van der Waals surface area (Å²) in [7, 11) is 1.61. The summed E-state index contributed by atoms with van der Waals surface area (Å²) in [5.74, 6) is 0.990. The van der Waals surface area contributed by atoms with Crippen molar-refractivity contribution in [3.63, 3.8) is 0 Å². The second kappa shape index (κ2) is 11.4. The number of nitrogens with zero attached hydrogens (tertiary/aromatic N) is 3. The third kappa shape index (κ3) is 5.75. The van der Waals surface area contributed by atoms with Crippen molar-refractivity contribution >= 4 is 22.5 Å². The van der Waals surface area contributed by atoms with E-state index in [0.29, 0.717) is 35.1 Å². The first-order valence-corrected chi connectivity index (χ1v) is 11.8. The van der Waals surface area contributed by atoms with Crippen LogP contribution >= 0.6 is 0 Å². The SMILES string of the molecule is CCN(CC)CCOc1cc(NC(=O)c2cc(-c3ccncc3)nc3ccccc23)ccc1OC. The van der Waals surface area contributed by atoms with Crippen molar-refractivity contribution in [2.75, 3.05) is 38.7 Å². The summed E-state index contributed by atoms with van der Waals surface area (Å²) < 4.78 is 11.5. The minimum Gasteiger partial charge on any atom is -0.493 e. The average molecular weight is 471 g/mol. The Balaban J connectivity index is 1.60. The molecular weight excluding hydrogens is 440 g/mol. The van der Waals surface area contributed by atoms with Crippen molar-refractivity contribution < 1.29 is 14.3 Å². The summed E-state index contributed by atoms with van der Waals surface area (Å²) in [6, 6.07) is 18.6. The smallest absolute Gasteiger partial charge is 0.256 e. The fourth-order valence-corrected chi connectivity index (χ4v) is 3.92. The standard InChI is InChI=1S/C28H30N4O3/c1-4-32(5-2)16-17-35-27-18-21(10-11-26(27)34-3)30-28(33)23-19-25(20-12-14-29-15-13-20)31-24-9-7-6-8-22(23)24/h6-15,18-19H,4-5,16-17H2,1-3H3,(H,30,33). The number of ether oxygens (including phenoxy) is 2. The second-order valence-corrected chi connectivity index (χ2v) is 8.00. The fraction of sp³-hybridized carbons (Fsp3) is 0.250. The van der Waals surface area contributed by atoms with E-state index in [1.165, 1.54) is 0 Å². The van der Waals surface area contributed by atoms with E-state index < -0.39 is 0 Å². The molecular formula is C28H30N4O3. The molecule has 1 N–H and O–H groups in total. The first kappa shape index (κ1) is 24.2. The van der Waals surface area contributed by atoms with Crippen molar-refractivity contribution in [3.05, 3.63) is 78.6 Å². The molecule has 0 spiro atoms. The molecule has 0 atom stereocenters. The van der Waals surface area contributed by atoms with Crippen LogP contribution in [-0.2, 0) is 0 Å². The van der Waals surface area contributed by atoms with E-state index in [0.717, 1.165) is 36.1 Å². The fourth-order valence-electron chi connectivity index (χ4n) is 3.92. The van der Waals surface area contributed by atoms with Crippen molar-refractivity contribution in [1.29, 1.82) is 0 Å². The van der Waals surface area contributed by atoms with Gasteiger partial charge in [0.2, 0.25) is 0 Å². The predicted molar refractivity (Wildman–Crippen MR) is 139 cm³/mol. The number of benzene rings is 2. The van der Waals surface area contributed by atoms with Crippen LogP contribution in [-0.4, -0.2) is 54.1 Å². The monoisotopic (exact) mass is 470 g/mol. The van der Waals surface area contributed by atoms with Crippen molar-refractivity contribution in [3.8, 4) is 22.8 Å². The van der Waals surface area contributed by atoms with Gasteiger partial charge in [-0.1, -0.05) is 32.0 Å². The van der Waals surface area contributed by atoms with E-state index in [-0.39, 0.29) is 5.91 Å². The first-order chi connectivity index (χ1) is 17.1. The molecule has 0 aliphatic carbocycles. The van der Waals surface area contributed by atoms with Gasteiger partial charge in [0.25, 0.3) is 5.91 Å². The average Bonchev–Trinajstić information content (AvgIpc) is 2.91. The molecule has 0 aliphatic rings. The van der Waals surface area contributed by atoms with Crippen LogP contribution in [0.1, 0.15) is 24.2 Å². The number of carbonyl (C=O) groups excluding carboxylic acids is 1. The number of aromatic nitrogens is 2. The maximum atomic E-state index is 13.4. The number of hydrogen-bond donors (Lipinski definition) is 1. The Morgan fingerprint density at radius 3 is 2.49 bits per heavy atom. The van der Waals surface area contributed by atoms with E-state index >= 15 is 0 Å². The Labute approximate surface area is 205 Å². The van der Waals surface area contributed by atoms with Gasteiger partial charge in [-0.2, -0.15) is 0 Å². The van der Waals surface area contributed by atoms with Gasteiger partial charge in [-0.25, -0.2) is 4.98 Å². The van der Waals surface area contributed by atoms with Crippen LogP contribution < -0.4 is 14.8 Å². The number of para-hydroxylation sites is 1. The zero-order chi connectivity index (χ0) is 24.6. The third-order valence-corrected chi connectivity index (χ3v) is 5.92. The van der Waals surface area contributed by atoms with Crippen LogP contribution in [0.25, 0.3) is 22.2 Å². The first-order valence-electron chi connectivity index (χ1n) is 11.8. The van der Waals surface area contributed by atoms with Crippen molar-refractivity contribution in [2.45, 2.75) is 13.8 Å². The minimum atomic E-state index is -0.224. The number of anilines is 1. The highest BCUT2D eigenvalue weighted by Crippen LogP contribution is 2.31. The Hall–Kier alpha value is -3.97. The van der Waals surface area contributed by atoms with E-state index in [1.54, 1.807) is 37.7 Å². The van der Waals surface area contributed by atoms with Gasteiger partial charge in [0.15, 0.2) is 11.5 Å². The molecule has 180 valence electrons. The lowest BCUT2D eigenvalue weighted by Crippen LogP contribution is -2.28. The summed E-state index contributed by atoms with van der Waals surface area (Å²) in [6.45, 7) is 7.53. The number of likely N-dealkylation sites (N-methyl/N-ethyl adjacent to an activating group) is 1. The molecule has 2 heterocycles. The predicted octanol–water partition coefficient (Wildman–Crippen LogP) is 5.28. The number of fused-ring (bicyclic) bond motifs is 1. The molecule has 0 saturated carbocycles. The molecule has 4 aromatic rings. The molecule has 1 amide bonds. The van der Waals surface area contributed by atoms with Gasteiger partial charge in [0.1, 0.15) is 6.61 Å². The topological polar surface area (TPSA) is 76.6 Å². The van der Waals surface area contributed by atoms with Gasteiger partial charge in [-0.05, 0) is 49.5 Å². The molecule has 0 bridgehead atoms. The van der Waals surface area contributed by atoms with Gasteiger partial charge in [-0.15, -0.1) is 0 Å². The lowest BCUT2D eigenvalue weighted by Gasteiger charge is -2.19. The number of carbonyl (C=O) groups is 1. The number of rotatable bonds is 10. The Bertz CT molecular complexity index is 1290. The Morgan fingerprint density at radius 2 is 1.74 bits per heavy atom. The summed E-state index contributed by atoms with van der Waals surface area (Å²) in [4.78, 5) is 24.5. The summed E-state index contributed by atoms with van der Waals surface area (Å²) >= 11 is 0. The van der Waals surface area contributed by atoms with Gasteiger partial charge in [0, 0.05) is 41.6 Å². The van der Waals surface area contributed by atoms with Crippen LogP contribution in [0.15, 0.2) is 73.1 Å². The normalized spacial score (nSPS) is 11.0. The van der Waals surface area contributed by atoms with Gasteiger partial charge >= 0.3 is 0 Å². The van der Waals surface area contributed by atoms with Crippen LogP contribution in [0.5, 0.6) is 11.5 Å². The van der Waals surface area contributed by atoms with Crippen molar-refractivity contribution in [1.82, 2.24) is 14.9 Å². The number of amides is 1. The van der Waals surface area contributed by atoms with E-state index in [4.69, 9.17) is 14.5 Å². The van der Waals surface area contributed by atoms with Crippen LogP contribution in [0.2, 0.25) is 0 Å². The summed E-state index contributed by atoms with van der Waals surface area (Å²) in [5, 5.41) is 3.80. The molecule has 0 saturated heterocycles. The maximum Gasteiger partial charge on any atom is 0.256 e. The van der Waals surface area contributed by atoms with Crippen LogP contribution in [0, 0.1) is 0 Å². The molecule has 35 heavy (non-hydrogen) atoms. The van der Waals surface area contributed by atoms with Crippen LogP contribution in [0.3, 0.4) is 0 Å². The Kier molecular flexibility index (Phi) is 7.90. The van der Waals surface area contributed by atoms with Crippen LogP contribution in [0.4, 0.5) is 5.69 Å². The summed E-state index contributed by atoms with van der Waals surface area (Å²) in [6.07, 6.45) is 3.43. The number of methoxy groups -OCH3 is 1. The molecule has 0 unspecified atom stereocenters. The highest BCUT2D eigenvalue weighted by molar-refractivity contribution is 6.13. The van der Waals surface area contributed by atoms with Gasteiger partial charge in [-0.3, -0.25) is 9.78 Å². The molecule has 2 aromatic carbocycles. The molecule has 7 nitrogen and oxygen atoms in total. The van der Waals surface area contributed by atoms with E-state index in [1.807, 2.05) is 42.5 Å². The highest BCUT2D eigenvalue weighted by Gasteiger charge is 2.15. The Morgan fingerprint density at radius 1 is 0.971 bits per heavy atom. The second-order valence-electron chi connectivity index (χ2n) is 8.00. The third-order valence-electron chi connectivity index (χ3n) is 5.92. The number of hydrogen-bond acceptors (Lipinski definition) is 6. The highest BCUT2D eigenvalue weighted by atomic mass is 16.5. The van der Waals surface area contributed by atoms with Gasteiger partial charge in [0.05, 0.1) is 23.9 Å². The molecule has 4 rings (SSSR count). The lowest BCUT2D eigenvalue weighted by atomic mass is 10.0. The van der Waals surface area contributed by atoms with Crippen molar-refractivity contribution in [2.24, 2.45) is 0 Å². The zero-order valence-electron chi connectivity index (χ0n) is 20.3. The number of pyridine rings is 2. The van der Waals surface area contributed by atoms with Gasteiger partial charge < -0.3 is 19.7 Å². The molecule has 2 aromatic heterocycles. The zero-order valence-corrected chi connectivity index (χ0v) is 20.3. The quantitative estimate of drug-likeness (QED) is 0.340. The molecule has 0 aliphatic heterocycles. The molecule has 7 heteroatoms. The maximum absolute atomic E-state index is 13.4. The summed E-state index contributed by atoms with van der Waals surface area (Å²) in [5.41, 5.74) is 3.53. The lowest BCUT2D eigenvalue weighted by molar-refractivity contribution is 0.102. The number of nitrogens with one attached hydrogen (secondary N) is 1. The molecule has 0 fully saturated rings. The van der Waals surface area contributed by atoms with E-state index in [2.05, 4.69) is 29.0 Å². The molecule has 0 radical (unpaired) electrons. The minimum absolute atomic E-state index is 0.224.